The number of aromatic carboxylic acids is 1. The minimum absolute atomic E-state index is 0.146. The Kier molecular flexibility index (Phi) is 5.05. The van der Waals surface area contributed by atoms with Gasteiger partial charge in [0.1, 0.15) is 0 Å². The van der Waals surface area contributed by atoms with Crippen LogP contribution in [0.2, 0.25) is 0 Å². The molecule has 0 aliphatic carbocycles. The van der Waals surface area contributed by atoms with E-state index >= 15 is 0 Å². The topological polar surface area (TPSA) is 49.3 Å². The van der Waals surface area contributed by atoms with Crippen LogP contribution >= 0.6 is 15.9 Å². The lowest BCUT2D eigenvalue weighted by atomic mass is 10.1. The molecule has 0 saturated heterocycles. The molecule has 0 amide bonds. The zero-order chi connectivity index (χ0) is 12.8. The Morgan fingerprint density at radius 2 is 2.35 bits per heavy atom. The van der Waals surface area contributed by atoms with Crippen molar-refractivity contribution in [3.05, 3.63) is 28.2 Å². The largest absolute Gasteiger partial charge is 0.478 e. The summed E-state index contributed by atoms with van der Waals surface area (Å²) in [6, 6.07) is 4.82. The molecule has 1 rings (SSSR count). The van der Waals surface area contributed by atoms with E-state index in [9.17, 15) is 4.79 Å². The van der Waals surface area contributed by atoms with Crippen LogP contribution in [0.15, 0.2) is 22.7 Å². The predicted molar refractivity (Wildman–Crippen MR) is 72.3 cm³/mol. The first-order valence-electron chi connectivity index (χ1n) is 5.34. The van der Waals surface area contributed by atoms with E-state index in [0.717, 1.165) is 17.3 Å². The fraction of sp³-hybridized carbons (Fsp3) is 0.308. The van der Waals surface area contributed by atoms with Crippen molar-refractivity contribution in [1.82, 2.24) is 0 Å². The Bertz CT molecular complexity index is 451. The number of terminal acetylenes is 1. The maximum atomic E-state index is 11.1. The van der Waals surface area contributed by atoms with Gasteiger partial charge in [0.05, 0.1) is 17.3 Å². The fourth-order valence-corrected chi connectivity index (χ4v) is 1.86. The predicted octanol–water partition coefficient (Wildman–Crippen LogP) is 3.36. The zero-order valence-electron chi connectivity index (χ0n) is 9.53. The second-order valence-corrected chi connectivity index (χ2v) is 4.56. The summed E-state index contributed by atoms with van der Waals surface area (Å²) >= 11 is 3.31. The standard InChI is InChI=1S/C13H14BrNO2/c1-3-5-10(4-2)15-12-8-9(14)6-7-11(12)13(16)17/h2,6-8,10,15H,3,5H2,1H3,(H,16,17). The molecule has 0 heterocycles. The molecule has 0 saturated carbocycles. The van der Waals surface area contributed by atoms with Crippen LogP contribution in [0.1, 0.15) is 30.1 Å². The van der Waals surface area contributed by atoms with Gasteiger partial charge in [0.2, 0.25) is 0 Å². The molecule has 1 aromatic carbocycles. The SMILES string of the molecule is C#CC(CCC)Nc1cc(Br)ccc1C(=O)O. The molecule has 0 aliphatic heterocycles. The zero-order valence-corrected chi connectivity index (χ0v) is 11.1. The fourth-order valence-electron chi connectivity index (χ4n) is 1.50. The van der Waals surface area contributed by atoms with Crippen molar-refractivity contribution in [3.63, 3.8) is 0 Å². The first-order valence-corrected chi connectivity index (χ1v) is 6.13. The smallest absolute Gasteiger partial charge is 0.337 e. The van der Waals surface area contributed by atoms with Crippen molar-refractivity contribution in [2.24, 2.45) is 0 Å². The molecule has 17 heavy (non-hydrogen) atoms. The molecule has 3 nitrogen and oxygen atoms in total. The summed E-state index contributed by atoms with van der Waals surface area (Å²) < 4.78 is 0.817. The summed E-state index contributed by atoms with van der Waals surface area (Å²) in [6.45, 7) is 2.03. The molecule has 0 aliphatic rings. The quantitative estimate of drug-likeness (QED) is 0.819. The van der Waals surface area contributed by atoms with Gasteiger partial charge in [-0.1, -0.05) is 35.2 Å². The molecule has 2 N–H and O–H groups in total. The van der Waals surface area contributed by atoms with E-state index in [4.69, 9.17) is 11.5 Å². The molecule has 4 heteroatoms. The Morgan fingerprint density at radius 1 is 1.65 bits per heavy atom. The second kappa shape index (κ2) is 6.31. The van der Waals surface area contributed by atoms with Crippen LogP contribution < -0.4 is 5.32 Å². The molecule has 90 valence electrons. The number of hydrogen-bond acceptors (Lipinski definition) is 2. The number of rotatable bonds is 5. The van der Waals surface area contributed by atoms with Gasteiger partial charge in [-0.25, -0.2) is 4.79 Å². The highest BCUT2D eigenvalue weighted by Crippen LogP contribution is 2.22. The normalized spacial score (nSPS) is 11.6. The molecule has 1 atom stereocenters. The van der Waals surface area contributed by atoms with Crippen molar-refractivity contribution in [2.75, 3.05) is 5.32 Å². The van der Waals surface area contributed by atoms with Crippen molar-refractivity contribution in [3.8, 4) is 12.3 Å². The lowest BCUT2D eigenvalue weighted by Gasteiger charge is -2.15. The molecular formula is C13H14BrNO2. The molecular weight excluding hydrogens is 282 g/mol. The van der Waals surface area contributed by atoms with Crippen molar-refractivity contribution in [1.29, 1.82) is 0 Å². The second-order valence-electron chi connectivity index (χ2n) is 3.65. The summed E-state index contributed by atoms with van der Waals surface area (Å²) in [4.78, 5) is 11.1. The molecule has 0 fully saturated rings. The van der Waals surface area contributed by atoms with Crippen LogP contribution in [0, 0.1) is 12.3 Å². The van der Waals surface area contributed by atoms with Crippen molar-refractivity contribution in [2.45, 2.75) is 25.8 Å². The van der Waals surface area contributed by atoms with Gasteiger partial charge < -0.3 is 10.4 Å². The average Bonchev–Trinajstić information content (AvgIpc) is 2.28. The minimum atomic E-state index is -0.965. The lowest BCUT2D eigenvalue weighted by molar-refractivity contribution is 0.0698. The Morgan fingerprint density at radius 3 is 2.88 bits per heavy atom. The summed E-state index contributed by atoms with van der Waals surface area (Å²) in [5.74, 6) is 1.65. The monoisotopic (exact) mass is 295 g/mol. The first kappa shape index (κ1) is 13.6. The Hall–Kier alpha value is -1.47. The van der Waals surface area contributed by atoms with Gasteiger partial charge in [-0.2, -0.15) is 0 Å². The molecule has 0 bridgehead atoms. The summed E-state index contributed by atoms with van der Waals surface area (Å²) in [5.41, 5.74) is 0.771. The van der Waals surface area contributed by atoms with Gasteiger partial charge in [-0.15, -0.1) is 6.42 Å². The van der Waals surface area contributed by atoms with Gasteiger partial charge in [0, 0.05) is 4.47 Å². The highest BCUT2D eigenvalue weighted by Gasteiger charge is 2.12. The number of nitrogens with one attached hydrogen (secondary N) is 1. The maximum Gasteiger partial charge on any atom is 0.337 e. The Balaban J connectivity index is 2.99. The Labute approximate surface area is 109 Å². The third-order valence-electron chi connectivity index (χ3n) is 2.32. The number of carbonyl (C=O) groups is 1. The maximum absolute atomic E-state index is 11.1. The minimum Gasteiger partial charge on any atom is -0.478 e. The number of carboxylic acid groups (broad SMARTS) is 1. The van der Waals surface area contributed by atoms with Gasteiger partial charge in [-0.3, -0.25) is 0 Å². The summed E-state index contributed by atoms with van der Waals surface area (Å²) in [7, 11) is 0. The van der Waals surface area contributed by atoms with E-state index in [-0.39, 0.29) is 11.6 Å². The molecule has 1 unspecified atom stereocenters. The number of carboxylic acids is 1. The first-order chi connectivity index (χ1) is 8.08. The number of benzene rings is 1. The summed E-state index contributed by atoms with van der Waals surface area (Å²) in [5, 5.41) is 12.1. The van der Waals surface area contributed by atoms with E-state index in [1.807, 2.05) is 6.92 Å². The van der Waals surface area contributed by atoms with E-state index in [1.54, 1.807) is 18.2 Å². The van der Waals surface area contributed by atoms with Crippen LogP contribution in [0.25, 0.3) is 0 Å². The van der Waals surface area contributed by atoms with Crippen molar-refractivity contribution >= 4 is 27.6 Å². The average molecular weight is 296 g/mol. The number of anilines is 1. The highest BCUT2D eigenvalue weighted by molar-refractivity contribution is 9.10. The number of hydrogen-bond donors (Lipinski definition) is 2. The van der Waals surface area contributed by atoms with Crippen LogP contribution in [0.3, 0.4) is 0 Å². The van der Waals surface area contributed by atoms with Gasteiger partial charge >= 0.3 is 5.97 Å². The van der Waals surface area contributed by atoms with E-state index in [1.165, 1.54) is 0 Å². The van der Waals surface area contributed by atoms with Crippen LogP contribution in [-0.2, 0) is 0 Å². The highest BCUT2D eigenvalue weighted by atomic mass is 79.9. The van der Waals surface area contributed by atoms with E-state index in [0.29, 0.717) is 5.69 Å². The third kappa shape index (κ3) is 3.79. The van der Waals surface area contributed by atoms with E-state index in [2.05, 4.69) is 27.2 Å². The van der Waals surface area contributed by atoms with Crippen LogP contribution in [-0.4, -0.2) is 17.1 Å². The molecule has 1 aromatic rings. The van der Waals surface area contributed by atoms with Gasteiger partial charge in [-0.05, 0) is 24.6 Å². The molecule has 0 aromatic heterocycles. The summed E-state index contributed by atoms with van der Waals surface area (Å²) in [6.07, 6.45) is 7.15. The molecule has 0 spiro atoms. The molecule has 0 radical (unpaired) electrons. The third-order valence-corrected chi connectivity index (χ3v) is 2.81. The van der Waals surface area contributed by atoms with Gasteiger partial charge in [0.15, 0.2) is 0 Å². The van der Waals surface area contributed by atoms with Crippen molar-refractivity contribution < 1.29 is 9.90 Å². The van der Waals surface area contributed by atoms with Gasteiger partial charge in [0.25, 0.3) is 0 Å². The lowest BCUT2D eigenvalue weighted by Crippen LogP contribution is -2.18. The van der Waals surface area contributed by atoms with Crippen LogP contribution in [0.5, 0.6) is 0 Å². The van der Waals surface area contributed by atoms with Crippen LogP contribution in [0.4, 0.5) is 5.69 Å². The number of halogens is 1. The van der Waals surface area contributed by atoms with E-state index < -0.39 is 5.97 Å².